The first-order valence-corrected chi connectivity index (χ1v) is 45.7. The summed E-state index contributed by atoms with van der Waals surface area (Å²) in [5.41, 5.74) is 8.91. The number of fused-ring (bicyclic) bond motifs is 2. The Labute approximate surface area is 557 Å². The van der Waals surface area contributed by atoms with Crippen LogP contribution in [0.4, 0.5) is 22.0 Å². The third-order valence-corrected chi connectivity index (χ3v) is 41.5. The Morgan fingerprint density at radius 1 is 0.609 bits per heavy atom. The first-order chi connectivity index (χ1) is 41.5. The minimum absolute atomic E-state index is 0.00382. The number of hydroxylamine groups is 2. The zero-order chi connectivity index (χ0) is 70.4. The minimum Gasteiger partial charge on any atom is -0.480 e. The second-order valence-electron chi connectivity index (χ2n) is 34.3. The number of nitrogens with zero attached hydrogens (tertiary/aromatic N) is 1. The SMILES string of the molecule is C=C1C(=CC=C2CCC[C@]3(C)C([C@H](C)OCC(=O)O)=CCC23)C[C@@H](O[Si](C)(C)C(C)(C)C)C[C@@H]1O[Si](C)(C)C(C)(C)C.C=C1C(=CC=C2CCC[C@]3(C)C([C@H](C)ON(CC(F)(F)C(F)(F)F)C(C)=O)=CCC23)C[C@@H](O[Si](C)(C)C(C)(C)C)C[C@@H]1O[Si](C)(C)C(C)(C)C. The minimum atomic E-state index is -5.80. The van der Waals surface area contributed by atoms with Gasteiger partial charge in [0.1, 0.15) is 19.3 Å². The molecular formula is C73H122F5NO9Si4. The number of alkyl halides is 5. The molecule has 0 saturated heterocycles. The summed E-state index contributed by atoms with van der Waals surface area (Å²) < 4.78 is 100. The largest absolute Gasteiger partial charge is 0.480 e. The highest BCUT2D eigenvalue weighted by Crippen LogP contribution is 2.58. The number of halogens is 5. The standard InChI is InChI=1S/C38H62F5NO4Si2.C35H60O5Si2/c1-25-29(22-30(47-49(11,12)34(4,5)6)23-33(25)48-50(13,14)35(7,8)9)18-17-28-16-15-21-36(10)31(19-20-32(28)36)26(2)46-44(27(3)45)24-37(39,40)38(41,42)43;1-24-27(17-16-26-15-14-20-35(9)29(18-19-30(26)35)25(2)38-23-32(36)37)21-28(39-41(10,11)33(3,4)5)22-31(24)40-42(12,13)34(6,7)8/h17-19,26,30,32-33H,1,15-16,20-24H2,2-14H3;16-18,25,28,30-31H,1,14-15,19-23H2,2-13H3,(H,36,37)/t26-,30+,32?,33-,36+;25-,28+,30?,31-,35+/m00/s1. The van der Waals surface area contributed by atoms with Gasteiger partial charge in [-0.25, -0.2) is 9.86 Å². The number of ether oxygens (including phenoxy) is 1. The zero-order valence-electron chi connectivity index (χ0n) is 61.4. The van der Waals surface area contributed by atoms with Crippen LogP contribution >= 0.6 is 0 Å². The van der Waals surface area contributed by atoms with E-state index < -0.39 is 75.3 Å². The molecule has 0 aromatic rings. The van der Waals surface area contributed by atoms with E-state index in [1.54, 1.807) is 6.92 Å². The molecule has 6 rings (SSSR count). The number of rotatable bonds is 19. The topological polar surface area (TPSA) is 113 Å². The van der Waals surface area contributed by atoms with Gasteiger partial charge in [0.15, 0.2) is 33.3 Å². The summed E-state index contributed by atoms with van der Waals surface area (Å²) >= 11 is 0. The van der Waals surface area contributed by atoms with Crippen LogP contribution in [-0.2, 0) is 36.9 Å². The van der Waals surface area contributed by atoms with E-state index in [-0.39, 0.29) is 73.7 Å². The van der Waals surface area contributed by atoms with Gasteiger partial charge < -0.3 is 27.5 Å². The quantitative estimate of drug-likeness (QED) is 0.0585. The van der Waals surface area contributed by atoms with Crippen molar-refractivity contribution in [3.63, 3.8) is 0 Å². The molecule has 1 N–H and O–H groups in total. The number of aliphatic carboxylic acids is 1. The molecule has 10 atom stereocenters. The van der Waals surface area contributed by atoms with Crippen molar-refractivity contribution in [3.05, 3.63) is 94.2 Å². The van der Waals surface area contributed by atoms with E-state index in [4.69, 9.17) is 32.4 Å². The van der Waals surface area contributed by atoms with E-state index in [9.17, 15) is 31.5 Å². The third kappa shape index (κ3) is 18.7. The normalized spacial score (nSPS) is 29.2. The Morgan fingerprint density at radius 2 is 0.957 bits per heavy atom. The predicted molar refractivity (Wildman–Crippen MR) is 376 cm³/mol. The van der Waals surface area contributed by atoms with Crippen LogP contribution < -0.4 is 0 Å². The van der Waals surface area contributed by atoms with Crippen molar-refractivity contribution >= 4 is 45.1 Å². The fourth-order valence-corrected chi connectivity index (χ4v) is 18.9. The van der Waals surface area contributed by atoms with Crippen molar-refractivity contribution < 1.29 is 63.9 Å². The molecule has 0 aromatic carbocycles. The lowest BCUT2D eigenvalue weighted by molar-refractivity contribution is -0.308. The van der Waals surface area contributed by atoms with Crippen molar-refractivity contribution in [1.82, 2.24) is 5.06 Å². The number of carbonyl (C=O) groups excluding carboxylic acids is 1. The Balaban J connectivity index is 0.000000339. The molecular weight excluding hydrogens is 1240 g/mol. The smallest absolute Gasteiger partial charge is 0.455 e. The fraction of sp³-hybridized carbons (Fsp3) is 0.753. The van der Waals surface area contributed by atoms with Gasteiger partial charge in [-0.05, 0) is 207 Å². The van der Waals surface area contributed by atoms with E-state index in [1.165, 1.54) is 22.3 Å². The molecule has 0 heterocycles. The molecule has 0 spiro atoms. The first kappa shape index (κ1) is 79.8. The summed E-state index contributed by atoms with van der Waals surface area (Å²) in [7, 11) is -8.15. The number of hydrogen-bond acceptors (Lipinski definition) is 8. The van der Waals surface area contributed by atoms with Gasteiger partial charge in [0.2, 0.25) is 5.91 Å². The molecule has 0 bridgehead atoms. The second kappa shape index (κ2) is 28.9. The van der Waals surface area contributed by atoms with Crippen LogP contribution in [-0.4, -0.2) is 117 Å². The summed E-state index contributed by atoms with van der Waals surface area (Å²) in [6.07, 6.45) is 17.3. The number of amides is 1. The Hall–Kier alpha value is -2.86. The van der Waals surface area contributed by atoms with Crippen LogP contribution in [0.1, 0.15) is 195 Å². The van der Waals surface area contributed by atoms with Crippen molar-refractivity contribution in [2.24, 2.45) is 22.7 Å². The third-order valence-electron chi connectivity index (χ3n) is 23.4. The monoisotopic (exact) mass is 1360 g/mol. The van der Waals surface area contributed by atoms with Gasteiger partial charge in [0, 0.05) is 19.8 Å². The molecule has 6 aliphatic rings. The highest BCUT2D eigenvalue weighted by atomic mass is 28.4. The van der Waals surface area contributed by atoms with Crippen LogP contribution in [0, 0.1) is 22.7 Å². The molecule has 0 aromatic heterocycles. The summed E-state index contributed by atoms with van der Waals surface area (Å²) in [5.74, 6) is -6.51. The maximum atomic E-state index is 13.9. The average Bonchev–Trinajstić information content (AvgIpc) is 1.58. The van der Waals surface area contributed by atoms with Crippen LogP contribution in [0.15, 0.2) is 94.2 Å². The van der Waals surface area contributed by atoms with E-state index >= 15 is 0 Å². The number of hydrogen-bond donors (Lipinski definition) is 1. The van der Waals surface area contributed by atoms with E-state index in [1.807, 2.05) is 13.0 Å². The summed E-state index contributed by atoms with van der Waals surface area (Å²) in [5, 5.41) is 9.64. The van der Waals surface area contributed by atoms with Crippen molar-refractivity contribution in [2.45, 2.75) is 316 Å². The number of carboxylic acid groups (broad SMARTS) is 1. The Morgan fingerprint density at radius 3 is 1.28 bits per heavy atom. The van der Waals surface area contributed by atoms with Gasteiger partial charge in [-0.2, -0.15) is 22.0 Å². The molecule has 0 aliphatic heterocycles. The van der Waals surface area contributed by atoms with Crippen molar-refractivity contribution in [3.8, 4) is 0 Å². The lowest BCUT2D eigenvalue weighted by Crippen LogP contribution is -2.49. The van der Waals surface area contributed by atoms with Gasteiger partial charge in [0.05, 0.1) is 30.5 Å². The van der Waals surface area contributed by atoms with Crippen LogP contribution in [0.5, 0.6) is 0 Å². The van der Waals surface area contributed by atoms with E-state index in [2.05, 4.69) is 193 Å². The molecule has 2 unspecified atom stereocenters. The number of allylic oxidation sites excluding steroid dienone is 8. The number of carbonyl (C=O) groups is 2. The van der Waals surface area contributed by atoms with Crippen LogP contribution in [0.25, 0.3) is 0 Å². The molecule has 92 heavy (non-hydrogen) atoms. The van der Waals surface area contributed by atoms with Crippen molar-refractivity contribution in [2.75, 3.05) is 13.2 Å². The lowest BCUT2D eigenvalue weighted by Gasteiger charge is -2.45. The molecule has 4 fully saturated rings. The lowest BCUT2D eigenvalue weighted by atomic mass is 9.63. The molecule has 4 saturated carbocycles. The predicted octanol–water partition coefficient (Wildman–Crippen LogP) is 21.1. The first-order valence-electron chi connectivity index (χ1n) is 34.0. The van der Waals surface area contributed by atoms with Gasteiger partial charge in [0.25, 0.3) is 0 Å². The van der Waals surface area contributed by atoms with E-state index in [0.717, 1.165) is 99.8 Å². The molecule has 10 nitrogen and oxygen atoms in total. The van der Waals surface area contributed by atoms with Gasteiger partial charge in [-0.1, -0.05) is 158 Å². The van der Waals surface area contributed by atoms with Crippen LogP contribution in [0.3, 0.4) is 0 Å². The van der Waals surface area contributed by atoms with Crippen LogP contribution in [0.2, 0.25) is 72.5 Å². The summed E-state index contributed by atoms with van der Waals surface area (Å²) in [4.78, 5) is 28.8. The van der Waals surface area contributed by atoms with Crippen molar-refractivity contribution in [1.29, 1.82) is 0 Å². The average molecular weight is 1370 g/mol. The van der Waals surface area contributed by atoms with Gasteiger partial charge in [-0.3, -0.25) is 9.63 Å². The van der Waals surface area contributed by atoms with Gasteiger partial charge >= 0.3 is 18.1 Å². The van der Waals surface area contributed by atoms with Gasteiger partial charge in [-0.15, -0.1) is 0 Å². The summed E-state index contributed by atoms with van der Waals surface area (Å²) in [6, 6.07) is 0. The Kier molecular flexibility index (Phi) is 25.1. The Bertz CT molecular complexity index is 2880. The molecule has 0 radical (unpaired) electrons. The highest BCUT2D eigenvalue weighted by molar-refractivity contribution is 6.75. The second-order valence-corrected chi connectivity index (χ2v) is 53.3. The fourth-order valence-electron chi connectivity index (χ4n) is 13.5. The maximum Gasteiger partial charge on any atom is 0.455 e. The number of carboxylic acids is 1. The summed E-state index contributed by atoms with van der Waals surface area (Å²) in [6.45, 7) is 61.7. The molecule has 1 amide bonds. The van der Waals surface area contributed by atoms with E-state index in [0.29, 0.717) is 12.3 Å². The molecule has 524 valence electrons. The maximum absolute atomic E-state index is 13.9. The molecule has 6 aliphatic carbocycles. The molecule has 19 heteroatoms. The zero-order valence-corrected chi connectivity index (χ0v) is 65.4. The highest BCUT2D eigenvalue weighted by Gasteiger charge is 2.59.